The van der Waals surface area contributed by atoms with E-state index in [1.165, 1.54) is 0 Å². The van der Waals surface area contributed by atoms with Crippen molar-refractivity contribution in [3.05, 3.63) is 0 Å². The van der Waals surface area contributed by atoms with E-state index in [1.54, 1.807) is 11.9 Å². The first-order valence-electron chi connectivity index (χ1n) is 3.90. The zero-order chi connectivity index (χ0) is 10.4. The largest absolute Gasteiger partial charge is 0.377 e. The lowest BCUT2D eigenvalue weighted by Gasteiger charge is -2.20. The van der Waals surface area contributed by atoms with Gasteiger partial charge in [0, 0.05) is 13.1 Å². The molecule has 13 heavy (non-hydrogen) atoms. The number of hydrogen-bond donors (Lipinski definition) is 2. The number of hydrogen-bond acceptors (Lipinski definition) is 4. The first-order chi connectivity index (χ1) is 5.99. The molecule has 4 N–H and O–H groups in total. The summed E-state index contributed by atoms with van der Waals surface area (Å²) < 4.78 is 0. The number of amidine groups is 1. The van der Waals surface area contributed by atoms with Gasteiger partial charge in [0.05, 0.1) is 5.75 Å². The molecule has 0 spiro atoms. The average Bonchev–Trinajstić information content (AvgIpc) is 2.11. The fourth-order valence-corrected chi connectivity index (χ4v) is 1.11. The molecule has 6 heteroatoms. The zero-order valence-corrected chi connectivity index (χ0v) is 8.97. The molecule has 0 aromatic carbocycles. The van der Waals surface area contributed by atoms with Crippen molar-refractivity contribution in [2.45, 2.75) is 19.9 Å². The fourth-order valence-electron chi connectivity index (χ4n) is 0.563. The number of amides is 1. The van der Waals surface area contributed by atoms with Crippen LogP contribution in [-0.4, -0.2) is 34.8 Å². The molecular formula is C7H16N4OS. The third-order valence-electron chi connectivity index (χ3n) is 1.64. The summed E-state index contributed by atoms with van der Waals surface area (Å²) in [4.78, 5) is 13.0. The van der Waals surface area contributed by atoms with Gasteiger partial charge in [-0.05, 0) is 13.8 Å². The quantitative estimate of drug-likeness (QED) is 0.288. The van der Waals surface area contributed by atoms with Gasteiger partial charge in [-0.2, -0.15) is 5.10 Å². The maximum absolute atomic E-state index is 11.4. The number of rotatable bonds is 3. The van der Waals surface area contributed by atoms with Crippen LogP contribution >= 0.6 is 11.8 Å². The topological polar surface area (TPSA) is 84.7 Å². The van der Waals surface area contributed by atoms with E-state index in [2.05, 4.69) is 5.10 Å². The highest BCUT2D eigenvalue weighted by molar-refractivity contribution is 8.14. The molecule has 76 valence electrons. The van der Waals surface area contributed by atoms with Crippen molar-refractivity contribution in [1.29, 1.82) is 0 Å². The minimum Gasteiger partial charge on any atom is -0.377 e. The van der Waals surface area contributed by atoms with Crippen molar-refractivity contribution in [1.82, 2.24) is 4.90 Å². The van der Waals surface area contributed by atoms with Crippen molar-refractivity contribution in [2.24, 2.45) is 16.7 Å². The van der Waals surface area contributed by atoms with Gasteiger partial charge < -0.3 is 16.5 Å². The molecule has 0 aliphatic carbocycles. The molecule has 0 bridgehead atoms. The zero-order valence-electron chi connectivity index (χ0n) is 8.15. The van der Waals surface area contributed by atoms with E-state index in [9.17, 15) is 4.79 Å². The van der Waals surface area contributed by atoms with Crippen molar-refractivity contribution in [3.63, 3.8) is 0 Å². The van der Waals surface area contributed by atoms with Gasteiger partial charge in [0.25, 0.3) is 0 Å². The van der Waals surface area contributed by atoms with Crippen LogP contribution in [-0.2, 0) is 4.79 Å². The summed E-state index contributed by atoms with van der Waals surface area (Å²) in [6.45, 7) is 3.89. The minimum atomic E-state index is 0.0200. The van der Waals surface area contributed by atoms with Crippen LogP contribution in [0.4, 0.5) is 0 Å². The Morgan fingerprint density at radius 2 is 2.15 bits per heavy atom. The Morgan fingerprint density at radius 1 is 1.62 bits per heavy atom. The highest BCUT2D eigenvalue weighted by Gasteiger charge is 2.12. The molecule has 0 rings (SSSR count). The molecule has 1 amide bonds. The predicted molar refractivity (Wildman–Crippen MR) is 56.2 cm³/mol. The van der Waals surface area contributed by atoms with Gasteiger partial charge >= 0.3 is 0 Å². The Bertz CT molecular complexity index is 205. The molecular weight excluding hydrogens is 188 g/mol. The maximum Gasteiger partial charge on any atom is 0.233 e. The lowest BCUT2D eigenvalue weighted by Crippen LogP contribution is -2.34. The molecule has 0 radical (unpaired) electrons. The molecule has 0 unspecified atom stereocenters. The van der Waals surface area contributed by atoms with Crippen LogP contribution < -0.4 is 11.6 Å². The Labute approximate surface area is 82.5 Å². The van der Waals surface area contributed by atoms with E-state index in [0.717, 1.165) is 11.8 Å². The number of hydrazone groups is 1. The monoisotopic (exact) mass is 204 g/mol. The van der Waals surface area contributed by atoms with Gasteiger partial charge in [-0.15, -0.1) is 0 Å². The third-order valence-corrected chi connectivity index (χ3v) is 2.43. The predicted octanol–water partition coefficient (Wildman–Crippen LogP) is -0.225. The first kappa shape index (κ1) is 12.1. The normalized spacial score (nSPS) is 11.8. The SMILES string of the molecule is CC(C)N(C)C(=O)CSC(N)=NN. The van der Waals surface area contributed by atoms with E-state index >= 15 is 0 Å². The number of thioether (sulfide) groups is 1. The molecule has 0 aliphatic heterocycles. The Hall–Kier alpha value is -0.910. The summed E-state index contributed by atoms with van der Waals surface area (Å²) in [6, 6.07) is 0.198. The molecule has 0 atom stereocenters. The summed E-state index contributed by atoms with van der Waals surface area (Å²) in [5.74, 6) is 5.21. The lowest BCUT2D eigenvalue weighted by atomic mass is 10.3. The smallest absolute Gasteiger partial charge is 0.233 e. The fraction of sp³-hybridized carbons (Fsp3) is 0.714. The summed E-state index contributed by atoms with van der Waals surface area (Å²) in [5, 5.41) is 3.48. The number of carbonyl (C=O) groups excluding carboxylic acids is 1. The van der Waals surface area contributed by atoms with Crippen LogP contribution in [0.15, 0.2) is 5.10 Å². The van der Waals surface area contributed by atoms with Gasteiger partial charge in [-0.3, -0.25) is 4.79 Å². The molecule has 0 saturated heterocycles. The van der Waals surface area contributed by atoms with E-state index in [1.807, 2.05) is 13.8 Å². The van der Waals surface area contributed by atoms with E-state index in [4.69, 9.17) is 11.6 Å². The number of nitrogens with two attached hydrogens (primary N) is 2. The number of nitrogens with zero attached hydrogens (tertiary/aromatic N) is 2. The van der Waals surface area contributed by atoms with E-state index in [0.29, 0.717) is 0 Å². The van der Waals surface area contributed by atoms with Crippen LogP contribution in [0.3, 0.4) is 0 Å². The summed E-state index contributed by atoms with van der Waals surface area (Å²) in [6.07, 6.45) is 0. The van der Waals surface area contributed by atoms with Gasteiger partial charge in [-0.25, -0.2) is 0 Å². The Kier molecular flexibility index (Phi) is 5.29. The van der Waals surface area contributed by atoms with Crippen LogP contribution in [0, 0.1) is 0 Å². The highest BCUT2D eigenvalue weighted by atomic mass is 32.2. The van der Waals surface area contributed by atoms with E-state index < -0.39 is 0 Å². The van der Waals surface area contributed by atoms with Crippen LogP contribution in [0.1, 0.15) is 13.8 Å². The van der Waals surface area contributed by atoms with Crippen molar-refractivity contribution in [3.8, 4) is 0 Å². The van der Waals surface area contributed by atoms with Gasteiger partial charge in [0.15, 0.2) is 5.17 Å². The van der Waals surface area contributed by atoms with E-state index in [-0.39, 0.29) is 22.9 Å². The third kappa shape index (κ3) is 4.62. The molecule has 0 aromatic heterocycles. The van der Waals surface area contributed by atoms with Gasteiger partial charge in [-0.1, -0.05) is 11.8 Å². The first-order valence-corrected chi connectivity index (χ1v) is 4.89. The number of carbonyl (C=O) groups is 1. The second-order valence-corrected chi connectivity index (χ2v) is 3.85. The van der Waals surface area contributed by atoms with Gasteiger partial charge in [0.2, 0.25) is 5.91 Å². The summed E-state index contributed by atoms with van der Waals surface area (Å²) >= 11 is 1.14. The summed E-state index contributed by atoms with van der Waals surface area (Å²) in [7, 11) is 1.75. The second-order valence-electron chi connectivity index (χ2n) is 2.85. The maximum atomic E-state index is 11.4. The average molecular weight is 204 g/mol. The van der Waals surface area contributed by atoms with Crippen LogP contribution in [0.25, 0.3) is 0 Å². The second kappa shape index (κ2) is 5.69. The van der Waals surface area contributed by atoms with Gasteiger partial charge in [0.1, 0.15) is 0 Å². The van der Waals surface area contributed by atoms with Crippen LogP contribution in [0.5, 0.6) is 0 Å². The molecule has 5 nitrogen and oxygen atoms in total. The molecule has 0 aromatic rings. The van der Waals surface area contributed by atoms with Crippen molar-refractivity contribution in [2.75, 3.05) is 12.8 Å². The highest BCUT2D eigenvalue weighted by Crippen LogP contribution is 2.03. The molecule has 0 saturated carbocycles. The molecule has 0 heterocycles. The molecule has 0 aliphatic rings. The van der Waals surface area contributed by atoms with Crippen molar-refractivity contribution < 1.29 is 4.79 Å². The Morgan fingerprint density at radius 3 is 2.54 bits per heavy atom. The molecule has 0 fully saturated rings. The minimum absolute atomic E-state index is 0.0200. The lowest BCUT2D eigenvalue weighted by molar-refractivity contribution is -0.128. The summed E-state index contributed by atoms with van der Waals surface area (Å²) in [5.41, 5.74) is 5.31. The Balaban J connectivity index is 3.88. The van der Waals surface area contributed by atoms with Crippen LogP contribution in [0.2, 0.25) is 0 Å². The van der Waals surface area contributed by atoms with Crippen molar-refractivity contribution >= 4 is 22.8 Å². The standard InChI is InChI=1S/C7H16N4OS/c1-5(2)11(3)6(12)4-13-7(8)10-9/h5H,4,9H2,1-3H3,(H2,8,10).